The third-order valence-corrected chi connectivity index (χ3v) is 8.04. The molecule has 0 spiro atoms. The van der Waals surface area contributed by atoms with Crippen LogP contribution in [0, 0.1) is 13.8 Å². The molecule has 13 nitrogen and oxygen atoms in total. The minimum Gasteiger partial charge on any atom is -0.379 e. The summed E-state index contributed by atoms with van der Waals surface area (Å²) in [4.78, 5) is 61.5. The Morgan fingerprint density at radius 2 is 1.47 bits per heavy atom. The molecule has 0 saturated heterocycles. The Hall–Kier alpha value is -4.34. The number of aryl methyl sites for hydroxylation is 1. The Morgan fingerprint density at radius 3 is 2.13 bits per heavy atom. The summed E-state index contributed by atoms with van der Waals surface area (Å²) >= 11 is 9.78. The number of hydrogen-bond acceptors (Lipinski definition) is 9. The van der Waals surface area contributed by atoms with Gasteiger partial charge in [-0.05, 0) is 55.8 Å². The first-order valence-electron chi connectivity index (χ1n) is 13.5. The number of fused-ring (bicyclic) bond motifs is 1. The predicted molar refractivity (Wildman–Crippen MR) is 173 cm³/mol. The summed E-state index contributed by atoms with van der Waals surface area (Å²) in [5.41, 5.74) is 3.10. The zero-order valence-corrected chi connectivity index (χ0v) is 27.0. The van der Waals surface area contributed by atoms with Crippen molar-refractivity contribution in [3.63, 3.8) is 0 Å². The van der Waals surface area contributed by atoms with Crippen LogP contribution in [0.1, 0.15) is 27.2 Å². The van der Waals surface area contributed by atoms with E-state index >= 15 is 0 Å². The lowest BCUT2D eigenvalue weighted by atomic mass is 10.1. The van der Waals surface area contributed by atoms with E-state index in [1.165, 1.54) is 4.57 Å². The van der Waals surface area contributed by atoms with Gasteiger partial charge in [-0.1, -0.05) is 29.8 Å². The van der Waals surface area contributed by atoms with Crippen molar-refractivity contribution in [3.05, 3.63) is 82.1 Å². The normalized spacial score (nSPS) is 11.0. The molecule has 3 rings (SSSR count). The number of halogens is 1. The van der Waals surface area contributed by atoms with Crippen molar-refractivity contribution in [1.29, 1.82) is 0 Å². The van der Waals surface area contributed by atoms with E-state index in [1.54, 1.807) is 37.3 Å². The van der Waals surface area contributed by atoms with E-state index in [1.807, 2.05) is 23.8 Å². The Balaban J connectivity index is 1.57. The van der Waals surface area contributed by atoms with Crippen LogP contribution in [0.3, 0.4) is 0 Å². The van der Waals surface area contributed by atoms with Gasteiger partial charge in [-0.2, -0.15) is 12.6 Å². The second-order valence-corrected chi connectivity index (χ2v) is 12.4. The standard InChI is InChI=1S/C29H33ClN6O7S2/c1-17-4-9-24-23(10-17)22(19(3)36(24)29(41)20-5-7-21(30)8-6-20)11-25(37)35-45(42,43)16-34-27(39)14-33-26(38)13-31-18(2)12-32-28(40)15-44/h4-10,31,44H,2,11-16H2,1,3H3,(H,32,40)(H,33,38)(H,34,39)(H,35,37). The molecule has 0 radical (unpaired) electrons. The molecule has 16 heteroatoms. The number of nitrogens with zero attached hydrogens (tertiary/aromatic N) is 1. The van der Waals surface area contributed by atoms with Gasteiger partial charge in [0.2, 0.25) is 23.6 Å². The van der Waals surface area contributed by atoms with Crippen molar-refractivity contribution in [2.75, 3.05) is 31.3 Å². The molecule has 0 saturated carbocycles. The summed E-state index contributed by atoms with van der Waals surface area (Å²) in [6.45, 7) is 6.50. The molecule has 0 fully saturated rings. The lowest BCUT2D eigenvalue weighted by molar-refractivity contribution is -0.125. The van der Waals surface area contributed by atoms with Crippen molar-refractivity contribution < 1.29 is 32.4 Å². The molecule has 0 aliphatic rings. The number of carbonyl (C=O) groups excluding carboxylic acids is 5. The lowest BCUT2D eigenvalue weighted by Crippen LogP contribution is -2.44. The van der Waals surface area contributed by atoms with Crippen molar-refractivity contribution in [2.24, 2.45) is 0 Å². The van der Waals surface area contributed by atoms with E-state index in [4.69, 9.17) is 11.6 Å². The summed E-state index contributed by atoms with van der Waals surface area (Å²) in [7, 11) is -4.30. The Bertz CT molecular complexity index is 1750. The highest BCUT2D eigenvalue weighted by Gasteiger charge is 2.23. The van der Waals surface area contributed by atoms with Crippen LogP contribution in [0.15, 0.2) is 54.7 Å². The molecular formula is C29H33ClN6O7S2. The van der Waals surface area contributed by atoms with Gasteiger partial charge in [0.15, 0.2) is 0 Å². The Kier molecular flexibility index (Phi) is 12.2. The summed E-state index contributed by atoms with van der Waals surface area (Å²) in [5.74, 6) is -3.82. The largest absolute Gasteiger partial charge is 0.379 e. The van der Waals surface area contributed by atoms with Gasteiger partial charge >= 0.3 is 0 Å². The molecule has 1 aromatic heterocycles. The van der Waals surface area contributed by atoms with Crippen LogP contribution < -0.4 is 26.0 Å². The maximum absolute atomic E-state index is 13.4. The molecule has 240 valence electrons. The first kappa shape index (κ1) is 35.1. The fourth-order valence-corrected chi connectivity index (χ4v) is 5.30. The minimum atomic E-state index is -4.30. The Morgan fingerprint density at radius 1 is 0.844 bits per heavy atom. The Labute approximate surface area is 270 Å². The van der Waals surface area contributed by atoms with E-state index in [0.717, 1.165) is 5.56 Å². The SMILES string of the molecule is C=C(CNC(=O)CS)NCC(=O)NCC(=O)NCS(=O)(=O)NC(=O)Cc1c(C)n(C(=O)c2ccc(Cl)cc2)c2ccc(C)cc12. The van der Waals surface area contributed by atoms with Crippen molar-refractivity contribution in [2.45, 2.75) is 20.3 Å². The van der Waals surface area contributed by atoms with Crippen LogP contribution in [0.5, 0.6) is 0 Å². The van der Waals surface area contributed by atoms with Gasteiger partial charge in [-0.3, -0.25) is 33.3 Å². The van der Waals surface area contributed by atoms with Gasteiger partial charge in [0, 0.05) is 27.4 Å². The number of hydrogen-bond donors (Lipinski definition) is 6. The summed E-state index contributed by atoms with van der Waals surface area (Å²) in [5, 5.41) is 10.7. The third kappa shape index (κ3) is 10.1. The predicted octanol–water partition coefficient (Wildman–Crippen LogP) is 0.928. The fraction of sp³-hybridized carbons (Fsp3) is 0.276. The second kappa shape index (κ2) is 15.6. The fourth-order valence-electron chi connectivity index (χ4n) is 4.22. The first-order valence-corrected chi connectivity index (χ1v) is 16.1. The number of benzene rings is 2. The highest BCUT2D eigenvalue weighted by Crippen LogP contribution is 2.29. The van der Waals surface area contributed by atoms with Crippen LogP contribution in [0.2, 0.25) is 5.02 Å². The third-order valence-electron chi connectivity index (χ3n) is 6.44. The topological polar surface area (TPSA) is 185 Å². The van der Waals surface area contributed by atoms with E-state index in [2.05, 4.69) is 40.5 Å². The molecule has 45 heavy (non-hydrogen) atoms. The number of rotatable bonds is 14. The number of amides is 4. The average Bonchev–Trinajstić information content (AvgIpc) is 3.26. The van der Waals surface area contributed by atoms with Crippen molar-refractivity contribution >= 4 is 74.7 Å². The van der Waals surface area contributed by atoms with Gasteiger partial charge in [0.05, 0.1) is 37.3 Å². The van der Waals surface area contributed by atoms with E-state index < -0.39 is 40.2 Å². The quantitative estimate of drug-likeness (QED) is 0.136. The van der Waals surface area contributed by atoms with Gasteiger partial charge in [-0.25, -0.2) is 8.42 Å². The van der Waals surface area contributed by atoms with Gasteiger partial charge in [0.25, 0.3) is 15.9 Å². The summed E-state index contributed by atoms with van der Waals surface area (Å²) in [6.07, 6.45) is -0.355. The molecule has 0 aliphatic carbocycles. The van der Waals surface area contributed by atoms with E-state index in [9.17, 15) is 32.4 Å². The molecule has 0 unspecified atom stereocenters. The number of nitrogens with one attached hydrogen (secondary N) is 5. The van der Waals surface area contributed by atoms with Crippen LogP contribution in [-0.2, 0) is 35.6 Å². The van der Waals surface area contributed by atoms with E-state index in [-0.39, 0.29) is 37.1 Å². The zero-order chi connectivity index (χ0) is 33.3. The smallest absolute Gasteiger partial charge is 0.262 e. The van der Waals surface area contributed by atoms with Gasteiger partial charge in [0.1, 0.15) is 5.88 Å². The second-order valence-electron chi connectivity index (χ2n) is 9.96. The molecule has 5 N–H and O–H groups in total. The highest BCUT2D eigenvalue weighted by atomic mass is 35.5. The molecule has 0 bridgehead atoms. The molecule has 2 aromatic carbocycles. The maximum Gasteiger partial charge on any atom is 0.262 e. The van der Waals surface area contributed by atoms with Gasteiger partial charge < -0.3 is 21.3 Å². The zero-order valence-electron chi connectivity index (χ0n) is 24.5. The van der Waals surface area contributed by atoms with E-state index in [0.29, 0.717) is 38.4 Å². The molecular weight excluding hydrogens is 644 g/mol. The van der Waals surface area contributed by atoms with Crippen LogP contribution >= 0.6 is 24.2 Å². The number of aromatic nitrogens is 1. The van der Waals surface area contributed by atoms with Crippen molar-refractivity contribution in [1.82, 2.24) is 30.6 Å². The minimum absolute atomic E-state index is 0.00101. The average molecular weight is 677 g/mol. The maximum atomic E-state index is 13.4. The summed E-state index contributed by atoms with van der Waals surface area (Å²) < 4.78 is 28.5. The molecule has 1 heterocycles. The number of carbonyl (C=O) groups is 5. The number of thiol groups is 1. The van der Waals surface area contributed by atoms with Gasteiger partial charge in [-0.15, -0.1) is 0 Å². The van der Waals surface area contributed by atoms with Crippen molar-refractivity contribution in [3.8, 4) is 0 Å². The molecule has 0 aliphatic heterocycles. The molecule has 0 atom stereocenters. The molecule has 4 amide bonds. The first-order chi connectivity index (χ1) is 21.2. The van der Waals surface area contributed by atoms with Crippen LogP contribution in [0.4, 0.5) is 0 Å². The molecule has 3 aromatic rings. The van der Waals surface area contributed by atoms with Crippen LogP contribution in [-0.4, -0.2) is 73.8 Å². The lowest BCUT2D eigenvalue weighted by Gasteiger charge is -2.11. The highest BCUT2D eigenvalue weighted by molar-refractivity contribution is 7.90. The monoisotopic (exact) mass is 676 g/mol. The summed E-state index contributed by atoms with van der Waals surface area (Å²) in [6, 6.07) is 11.8. The van der Waals surface area contributed by atoms with Crippen LogP contribution in [0.25, 0.3) is 10.9 Å². The number of sulfonamides is 1.